The molecule has 2 aromatic rings. The summed E-state index contributed by atoms with van der Waals surface area (Å²) in [5.74, 6) is 0.322. The van der Waals surface area contributed by atoms with Crippen LogP contribution in [0.5, 0.6) is 0 Å². The molecule has 0 aliphatic heterocycles. The van der Waals surface area contributed by atoms with Crippen molar-refractivity contribution in [2.45, 2.75) is 19.8 Å². The topological polar surface area (TPSA) is 118 Å². The lowest BCUT2D eigenvalue weighted by Crippen LogP contribution is -2.23. The van der Waals surface area contributed by atoms with Crippen molar-refractivity contribution in [1.82, 2.24) is 15.0 Å². The highest BCUT2D eigenvalue weighted by Gasteiger charge is 2.12. The Balaban J connectivity index is 2.20. The molecule has 2 aromatic heterocycles. The summed E-state index contributed by atoms with van der Waals surface area (Å²) in [4.78, 5) is 37.2. The molecule has 0 aliphatic carbocycles. The Morgan fingerprint density at radius 1 is 1.26 bits per heavy atom. The number of rotatable bonds is 10. The van der Waals surface area contributed by atoms with Crippen LogP contribution in [0.4, 0.5) is 11.6 Å². The molecule has 27 heavy (non-hydrogen) atoms. The Hall–Kier alpha value is -3.23. The number of carboxylic acids is 1. The highest BCUT2D eigenvalue weighted by atomic mass is 16.5. The van der Waals surface area contributed by atoms with Gasteiger partial charge in [-0.1, -0.05) is 6.07 Å². The number of carboxylic acid groups (broad SMARTS) is 1. The monoisotopic (exact) mass is 373 g/mol. The number of aliphatic carboxylic acids is 1. The van der Waals surface area contributed by atoms with Crippen LogP contribution in [0.25, 0.3) is 11.5 Å². The molecule has 0 aliphatic rings. The summed E-state index contributed by atoms with van der Waals surface area (Å²) in [6, 6.07) is 7.13. The standard InChI is InChI=1S/C18H23N5O4/c1-3-27-17(26)7-10-20-14-12-15(23(2)11-8-16(24)25)22-18(21-14)13-6-4-5-9-19-13/h4-6,9,12H,3,7-8,10-11H2,1-2H3,(H,24,25)(H,20,21,22). The van der Waals surface area contributed by atoms with Gasteiger partial charge in [0.1, 0.15) is 17.3 Å². The molecule has 0 saturated carbocycles. The molecule has 0 atom stereocenters. The van der Waals surface area contributed by atoms with Gasteiger partial charge < -0.3 is 20.1 Å². The highest BCUT2D eigenvalue weighted by molar-refractivity contribution is 5.70. The number of esters is 1. The first-order chi connectivity index (χ1) is 13.0. The fraction of sp³-hybridized carbons (Fsp3) is 0.389. The Kier molecular flexibility index (Phi) is 7.48. The minimum atomic E-state index is -0.881. The molecular formula is C18H23N5O4. The first kappa shape index (κ1) is 20.1. The van der Waals surface area contributed by atoms with Crippen LogP contribution in [-0.4, -0.2) is 58.7 Å². The van der Waals surface area contributed by atoms with Crippen LogP contribution in [0.3, 0.4) is 0 Å². The largest absolute Gasteiger partial charge is 0.481 e. The highest BCUT2D eigenvalue weighted by Crippen LogP contribution is 2.20. The first-order valence-corrected chi connectivity index (χ1v) is 8.62. The quantitative estimate of drug-likeness (QED) is 0.601. The smallest absolute Gasteiger partial charge is 0.307 e. The summed E-state index contributed by atoms with van der Waals surface area (Å²) in [5, 5.41) is 12.0. The maximum Gasteiger partial charge on any atom is 0.307 e. The van der Waals surface area contributed by atoms with Gasteiger partial charge in [-0.2, -0.15) is 0 Å². The molecule has 0 spiro atoms. The summed E-state index contributed by atoms with van der Waals surface area (Å²) in [6.45, 7) is 2.76. The lowest BCUT2D eigenvalue weighted by Gasteiger charge is -2.19. The van der Waals surface area contributed by atoms with Gasteiger partial charge in [0, 0.05) is 32.4 Å². The number of hydrogen-bond acceptors (Lipinski definition) is 8. The Bertz CT molecular complexity index is 770. The van der Waals surface area contributed by atoms with Gasteiger partial charge in [0.25, 0.3) is 0 Å². The molecule has 0 amide bonds. The SMILES string of the molecule is CCOC(=O)CCNc1cc(N(C)CCC(=O)O)nc(-c2ccccn2)n1. The van der Waals surface area contributed by atoms with Crippen molar-refractivity contribution in [2.24, 2.45) is 0 Å². The van der Waals surface area contributed by atoms with Crippen LogP contribution < -0.4 is 10.2 Å². The number of anilines is 2. The van der Waals surface area contributed by atoms with Gasteiger partial charge in [-0.25, -0.2) is 9.97 Å². The van der Waals surface area contributed by atoms with Crippen LogP contribution >= 0.6 is 0 Å². The van der Waals surface area contributed by atoms with Gasteiger partial charge in [-0.15, -0.1) is 0 Å². The molecule has 9 heteroatoms. The van der Waals surface area contributed by atoms with Gasteiger partial charge >= 0.3 is 11.9 Å². The van der Waals surface area contributed by atoms with Crippen LogP contribution in [-0.2, 0) is 14.3 Å². The van der Waals surface area contributed by atoms with Crippen LogP contribution in [0.1, 0.15) is 19.8 Å². The van der Waals surface area contributed by atoms with E-state index in [1.165, 1.54) is 0 Å². The second kappa shape index (κ2) is 10.0. The van der Waals surface area contributed by atoms with Gasteiger partial charge in [-0.3, -0.25) is 14.6 Å². The summed E-state index contributed by atoms with van der Waals surface area (Å²) < 4.78 is 4.90. The van der Waals surface area contributed by atoms with E-state index in [0.29, 0.717) is 42.9 Å². The zero-order valence-corrected chi connectivity index (χ0v) is 15.4. The van der Waals surface area contributed by atoms with E-state index < -0.39 is 5.97 Å². The molecule has 0 saturated heterocycles. The van der Waals surface area contributed by atoms with E-state index in [2.05, 4.69) is 20.3 Å². The maximum absolute atomic E-state index is 11.5. The molecule has 0 unspecified atom stereocenters. The fourth-order valence-corrected chi connectivity index (χ4v) is 2.23. The average molecular weight is 373 g/mol. The van der Waals surface area contributed by atoms with E-state index in [-0.39, 0.29) is 18.8 Å². The van der Waals surface area contributed by atoms with E-state index in [1.807, 2.05) is 6.07 Å². The molecule has 2 rings (SSSR count). The fourth-order valence-electron chi connectivity index (χ4n) is 2.23. The van der Waals surface area contributed by atoms with Crippen molar-refractivity contribution < 1.29 is 19.4 Å². The lowest BCUT2D eigenvalue weighted by molar-refractivity contribution is -0.142. The van der Waals surface area contributed by atoms with Gasteiger partial charge in [0.05, 0.1) is 19.4 Å². The zero-order valence-electron chi connectivity index (χ0n) is 15.4. The number of aromatic nitrogens is 3. The third-order valence-corrected chi connectivity index (χ3v) is 3.60. The van der Waals surface area contributed by atoms with Crippen molar-refractivity contribution in [1.29, 1.82) is 0 Å². The third-order valence-electron chi connectivity index (χ3n) is 3.60. The predicted molar refractivity (Wildman–Crippen MR) is 101 cm³/mol. The molecular weight excluding hydrogens is 350 g/mol. The maximum atomic E-state index is 11.5. The molecule has 2 N–H and O–H groups in total. The molecule has 0 fully saturated rings. The van der Waals surface area contributed by atoms with E-state index in [4.69, 9.17) is 9.84 Å². The second-order valence-electron chi connectivity index (χ2n) is 5.70. The number of pyridine rings is 1. The molecule has 9 nitrogen and oxygen atoms in total. The van der Waals surface area contributed by atoms with Crippen molar-refractivity contribution >= 4 is 23.6 Å². The predicted octanol–water partition coefficient (Wildman–Crippen LogP) is 1.81. The molecule has 144 valence electrons. The molecule has 2 heterocycles. The average Bonchev–Trinajstić information content (AvgIpc) is 2.66. The number of ether oxygens (including phenoxy) is 1. The van der Waals surface area contributed by atoms with Crippen LogP contribution in [0.15, 0.2) is 30.5 Å². The van der Waals surface area contributed by atoms with E-state index >= 15 is 0 Å². The normalized spacial score (nSPS) is 10.3. The number of carbonyl (C=O) groups is 2. The first-order valence-electron chi connectivity index (χ1n) is 8.62. The Labute approximate surface area is 157 Å². The summed E-state index contributed by atoms with van der Waals surface area (Å²) >= 11 is 0. The van der Waals surface area contributed by atoms with Crippen molar-refractivity contribution in [3.8, 4) is 11.5 Å². The molecule has 0 radical (unpaired) electrons. The number of nitrogens with zero attached hydrogens (tertiary/aromatic N) is 4. The van der Waals surface area contributed by atoms with E-state index in [1.54, 1.807) is 43.3 Å². The number of carbonyl (C=O) groups excluding carboxylic acids is 1. The summed E-state index contributed by atoms with van der Waals surface area (Å²) in [5.41, 5.74) is 0.597. The minimum Gasteiger partial charge on any atom is -0.481 e. The van der Waals surface area contributed by atoms with Crippen LogP contribution in [0.2, 0.25) is 0 Å². The van der Waals surface area contributed by atoms with Gasteiger partial charge in [0.2, 0.25) is 0 Å². The zero-order chi connectivity index (χ0) is 19.6. The Morgan fingerprint density at radius 3 is 2.74 bits per heavy atom. The summed E-state index contributed by atoms with van der Waals surface area (Å²) in [7, 11) is 1.76. The van der Waals surface area contributed by atoms with Crippen LogP contribution in [0, 0.1) is 0 Å². The third kappa shape index (κ3) is 6.53. The van der Waals surface area contributed by atoms with Crippen molar-refractivity contribution in [3.63, 3.8) is 0 Å². The number of hydrogen-bond donors (Lipinski definition) is 2. The Morgan fingerprint density at radius 2 is 2.07 bits per heavy atom. The van der Waals surface area contributed by atoms with E-state index in [9.17, 15) is 9.59 Å². The minimum absolute atomic E-state index is 0.00889. The van der Waals surface area contributed by atoms with E-state index in [0.717, 1.165) is 0 Å². The van der Waals surface area contributed by atoms with Crippen molar-refractivity contribution in [3.05, 3.63) is 30.5 Å². The number of nitrogens with one attached hydrogen (secondary N) is 1. The van der Waals surface area contributed by atoms with Gasteiger partial charge in [-0.05, 0) is 19.1 Å². The van der Waals surface area contributed by atoms with Gasteiger partial charge in [0.15, 0.2) is 5.82 Å². The lowest BCUT2D eigenvalue weighted by atomic mass is 10.3. The molecule has 0 bridgehead atoms. The summed E-state index contributed by atoms with van der Waals surface area (Å²) in [6.07, 6.45) is 1.85. The second-order valence-corrected chi connectivity index (χ2v) is 5.70. The van der Waals surface area contributed by atoms with Crippen molar-refractivity contribution in [2.75, 3.05) is 37.0 Å². The molecule has 0 aromatic carbocycles.